The lowest BCUT2D eigenvalue weighted by atomic mass is 9.91. The standard InChI is InChI=1S/C14H20BrNO/c1-9(2)4-11-6-13-10(8-16-11)5-12(17-3)7-14(13)15/h5,7,9,11,16H,4,6,8H2,1-3H3. The van der Waals surface area contributed by atoms with E-state index in [4.69, 9.17) is 4.74 Å². The van der Waals surface area contributed by atoms with Crippen LogP contribution in [0.5, 0.6) is 5.75 Å². The molecule has 2 rings (SSSR count). The third kappa shape index (κ3) is 3.02. The summed E-state index contributed by atoms with van der Waals surface area (Å²) in [5, 5.41) is 3.61. The molecule has 94 valence electrons. The molecule has 1 N–H and O–H groups in total. The van der Waals surface area contributed by atoms with Crippen molar-refractivity contribution < 1.29 is 4.74 Å². The highest BCUT2D eigenvalue weighted by atomic mass is 79.9. The Labute approximate surface area is 112 Å². The van der Waals surface area contributed by atoms with Gasteiger partial charge in [0.05, 0.1) is 7.11 Å². The van der Waals surface area contributed by atoms with Crippen LogP contribution in [0.4, 0.5) is 0 Å². The van der Waals surface area contributed by atoms with E-state index in [0.29, 0.717) is 6.04 Å². The van der Waals surface area contributed by atoms with Crippen LogP contribution in [0.15, 0.2) is 16.6 Å². The minimum absolute atomic E-state index is 0.604. The van der Waals surface area contributed by atoms with E-state index in [1.54, 1.807) is 7.11 Å². The smallest absolute Gasteiger partial charge is 0.120 e. The highest BCUT2D eigenvalue weighted by molar-refractivity contribution is 9.10. The first kappa shape index (κ1) is 12.9. The molecular formula is C14H20BrNO. The lowest BCUT2D eigenvalue weighted by Gasteiger charge is -2.28. The number of hydrogen-bond donors (Lipinski definition) is 1. The molecule has 1 aliphatic heterocycles. The summed E-state index contributed by atoms with van der Waals surface area (Å²) in [7, 11) is 1.71. The number of halogens is 1. The van der Waals surface area contributed by atoms with E-state index in [1.165, 1.54) is 22.0 Å². The number of hydrogen-bond acceptors (Lipinski definition) is 2. The minimum atomic E-state index is 0.604. The Balaban J connectivity index is 2.20. The van der Waals surface area contributed by atoms with Crippen molar-refractivity contribution in [3.05, 3.63) is 27.7 Å². The summed E-state index contributed by atoms with van der Waals surface area (Å²) < 4.78 is 6.48. The van der Waals surface area contributed by atoms with Gasteiger partial charge in [-0.25, -0.2) is 0 Å². The Morgan fingerprint density at radius 3 is 2.88 bits per heavy atom. The van der Waals surface area contributed by atoms with Gasteiger partial charge in [-0.2, -0.15) is 0 Å². The van der Waals surface area contributed by atoms with Crippen molar-refractivity contribution in [1.29, 1.82) is 0 Å². The van der Waals surface area contributed by atoms with Crippen molar-refractivity contribution in [2.24, 2.45) is 5.92 Å². The SMILES string of the molecule is COc1cc(Br)c2c(c1)CNC(CC(C)C)C2. The van der Waals surface area contributed by atoms with Gasteiger partial charge in [-0.3, -0.25) is 0 Å². The lowest BCUT2D eigenvalue weighted by Crippen LogP contribution is -2.36. The summed E-state index contributed by atoms with van der Waals surface area (Å²) in [5.41, 5.74) is 2.80. The van der Waals surface area contributed by atoms with Gasteiger partial charge in [0.2, 0.25) is 0 Å². The molecule has 0 aliphatic carbocycles. The van der Waals surface area contributed by atoms with Crippen molar-refractivity contribution in [3.63, 3.8) is 0 Å². The first-order valence-corrected chi connectivity index (χ1v) is 6.98. The van der Waals surface area contributed by atoms with Gasteiger partial charge in [0.1, 0.15) is 5.75 Å². The zero-order valence-corrected chi connectivity index (χ0v) is 12.3. The molecule has 1 unspecified atom stereocenters. The second kappa shape index (κ2) is 5.40. The third-order valence-corrected chi connectivity index (χ3v) is 3.99. The van der Waals surface area contributed by atoms with E-state index in [0.717, 1.165) is 24.6 Å². The summed E-state index contributed by atoms with van der Waals surface area (Å²) in [4.78, 5) is 0. The van der Waals surface area contributed by atoms with Crippen LogP contribution in [0.3, 0.4) is 0 Å². The summed E-state index contributed by atoms with van der Waals surface area (Å²) in [5.74, 6) is 1.67. The van der Waals surface area contributed by atoms with Crippen LogP contribution in [-0.2, 0) is 13.0 Å². The van der Waals surface area contributed by atoms with Crippen molar-refractivity contribution in [3.8, 4) is 5.75 Å². The summed E-state index contributed by atoms with van der Waals surface area (Å²) >= 11 is 3.66. The fourth-order valence-electron chi connectivity index (χ4n) is 2.48. The molecule has 0 fully saturated rings. The number of rotatable bonds is 3. The molecule has 3 heteroatoms. The maximum absolute atomic E-state index is 5.29. The quantitative estimate of drug-likeness (QED) is 0.922. The zero-order valence-electron chi connectivity index (χ0n) is 10.7. The number of methoxy groups -OCH3 is 1. The van der Waals surface area contributed by atoms with Gasteiger partial charge in [-0.1, -0.05) is 29.8 Å². The van der Waals surface area contributed by atoms with Gasteiger partial charge >= 0.3 is 0 Å². The van der Waals surface area contributed by atoms with Crippen molar-refractivity contribution in [2.75, 3.05) is 7.11 Å². The second-order valence-electron chi connectivity index (χ2n) is 5.16. The predicted molar refractivity (Wildman–Crippen MR) is 74.5 cm³/mol. The molecule has 0 bridgehead atoms. The molecule has 0 aromatic heterocycles. The molecule has 1 aromatic carbocycles. The fourth-order valence-corrected chi connectivity index (χ4v) is 3.12. The molecule has 0 spiro atoms. The van der Waals surface area contributed by atoms with Crippen molar-refractivity contribution in [1.82, 2.24) is 5.32 Å². The minimum Gasteiger partial charge on any atom is -0.497 e. The number of fused-ring (bicyclic) bond motifs is 1. The number of nitrogens with one attached hydrogen (secondary N) is 1. The molecule has 1 aromatic rings. The van der Waals surface area contributed by atoms with Crippen molar-refractivity contribution >= 4 is 15.9 Å². The van der Waals surface area contributed by atoms with Crippen LogP contribution in [0, 0.1) is 5.92 Å². The molecule has 1 heterocycles. The number of ether oxygens (including phenoxy) is 1. The monoisotopic (exact) mass is 297 g/mol. The van der Waals surface area contributed by atoms with Gasteiger partial charge in [0.15, 0.2) is 0 Å². The highest BCUT2D eigenvalue weighted by Crippen LogP contribution is 2.31. The highest BCUT2D eigenvalue weighted by Gasteiger charge is 2.21. The lowest BCUT2D eigenvalue weighted by molar-refractivity contribution is 0.391. The molecule has 17 heavy (non-hydrogen) atoms. The largest absolute Gasteiger partial charge is 0.497 e. The molecule has 0 saturated heterocycles. The van der Waals surface area contributed by atoms with Crippen LogP contribution >= 0.6 is 15.9 Å². The molecule has 0 radical (unpaired) electrons. The first-order valence-electron chi connectivity index (χ1n) is 6.18. The van der Waals surface area contributed by atoms with Gasteiger partial charge in [0, 0.05) is 17.1 Å². The van der Waals surface area contributed by atoms with E-state index in [-0.39, 0.29) is 0 Å². The van der Waals surface area contributed by atoms with E-state index in [9.17, 15) is 0 Å². The van der Waals surface area contributed by atoms with E-state index in [2.05, 4.69) is 47.2 Å². The second-order valence-corrected chi connectivity index (χ2v) is 6.01. The molecule has 2 nitrogen and oxygen atoms in total. The topological polar surface area (TPSA) is 21.3 Å². The maximum Gasteiger partial charge on any atom is 0.120 e. The van der Waals surface area contributed by atoms with Gasteiger partial charge < -0.3 is 10.1 Å². The Bertz CT molecular complexity index is 403. The van der Waals surface area contributed by atoms with Crippen LogP contribution in [-0.4, -0.2) is 13.2 Å². The molecule has 1 atom stereocenters. The van der Waals surface area contributed by atoms with E-state index < -0.39 is 0 Å². The maximum atomic E-state index is 5.29. The summed E-state index contributed by atoms with van der Waals surface area (Å²) in [6.45, 7) is 5.50. The third-order valence-electron chi connectivity index (χ3n) is 3.28. The van der Waals surface area contributed by atoms with Crippen LogP contribution in [0.1, 0.15) is 31.4 Å². The molecule has 1 aliphatic rings. The van der Waals surface area contributed by atoms with Crippen LogP contribution in [0.25, 0.3) is 0 Å². The van der Waals surface area contributed by atoms with Crippen LogP contribution < -0.4 is 10.1 Å². The average molecular weight is 298 g/mol. The van der Waals surface area contributed by atoms with Crippen LogP contribution in [0.2, 0.25) is 0 Å². The van der Waals surface area contributed by atoms with Gasteiger partial charge in [-0.05, 0) is 42.0 Å². The Morgan fingerprint density at radius 2 is 2.24 bits per heavy atom. The van der Waals surface area contributed by atoms with Gasteiger partial charge in [0.25, 0.3) is 0 Å². The fraction of sp³-hybridized carbons (Fsp3) is 0.571. The first-order chi connectivity index (χ1) is 8.10. The molecular weight excluding hydrogens is 278 g/mol. The zero-order chi connectivity index (χ0) is 12.4. The normalized spacial score (nSPS) is 19.2. The molecule has 0 saturated carbocycles. The van der Waals surface area contributed by atoms with Gasteiger partial charge in [-0.15, -0.1) is 0 Å². The Hall–Kier alpha value is -0.540. The average Bonchev–Trinajstić information content (AvgIpc) is 2.29. The Kier molecular flexibility index (Phi) is 4.10. The molecule has 0 amide bonds. The summed E-state index contributed by atoms with van der Waals surface area (Å²) in [6.07, 6.45) is 2.34. The van der Waals surface area contributed by atoms with E-state index in [1.807, 2.05) is 0 Å². The Morgan fingerprint density at radius 1 is 1.47 bits per heavy atom. The van der Waals surface area contributed by atoms with E-state index >= 15 is 0 Å². The predicted octanol–water partition coefficient (Wildman–Crippen LogP) is 3.52. The van der Waals surface area contributed by atoms with Crippen molar-refractivity contribution in [2.45, 2.75) is 39.3 Å². The summed E-state index contributed by atoms with van der Waals surface area (Å²) in [6, 6.07) is 4.81. The number of benzene rings is 1.